The minimum Gasteiger partial charge on any atom is -0.461 e. The van der Waals surface area contributed by atoms with Crippen LogP contribution in [0.2, 0.25) is 0 Å². The van der Waals surface area contributed by atoms with Gasteiger partial charge in [0, 0.05) is 12.8 Å². The molecule has 1 N–H and O–H groups in total. The van der Waals surface area contributed by atoms with Gasteiger partial charge in [0.05, 0.1) is 24.1 Å². The first kappa shape index (κ1) is 24.1. The summed E-state index contributed by atoms with van der Waals surface area (Å²) >= 11 is 0. The van der Waals surface area contributed by atoms with Crippen LogP contribution in [0.5, 0.6) is 5.88 Å². The second kappa shape index (κ2) is 10.1. The molecule has 4 rings (SSSR count). The molecule has 1 aromatic carbocycles. The molecule has 1 amide bonds. The van der Waals surface area contributed by atoms with Crippen molar-refractivity contribution < 1.29 is 27.4 Å². The number of carbonyl (C=O) groups excluding carboxylic acids is 1. The van der Waals surface area contributed by atoms with Gasteiger partial charge in [-0.05, 0) is 37.6 Å². The highest BCUT2D eigenvalue weighted by molar-refractivity contribution is 5.94. The number of amides is 1. The molecule has 35 heavy (non-hydrogen) atoms. The van der Waals surface area contributed by atoms with Gasteiger partial charge in [0.25, 0.3) is 5.91 Å². The molecule has 9 nitrogen and oxygen atoms in total. The van der Waals surface area contributed by atoms with Gasteiger partial charge in [-0.2, -0.15) is 18.3 Å². The Hall–Kier alpha value is -4.06. The van der Waals surface area contributed by atoms with E-state index in [2.05, 4.69) is 25.4 Å². The van der Waals surface area contributed by atoms with Gasteiger partial charge < -0.3 is 14.8 Å². The van der Waals surface area contributed by atoms with Crippen LogP contribution in [0, 0.1) is 6.92 Å². The number of benzene rings is 1. The molecule has 4 aromatic rings. The summed E-state index contributed by atoms with van der Waals surface area (Å²) in [6.07, 6.45) is -1.69. The zero-order valence-electron chi connectivity index (χ0n) is 18.8. The van der Waals surface area contributed by atoms with Gasteiger partial charge in [0.1, 0.15) is 17.5 Å². The fourth-order valence-corrected chi connectivity index (χ4v) is 3.26. The van der Waals surface area contributed by atoms with Gasteiger partial charge in [-0.3, -0.25) is 4.79 Å². The minimum atomic E-state index is -4.59. The first-order chi connectivity index (χ1) is 16.8. The smallest absolute Gasteiger partial charge is 0.418 e. The highest BCUT2D eigenvalue weighted by Gasteiger charge is 2.34. The van der Waals surface area contributed by atoms with Crippen molar-refractivity contribution in [2.24, 2.45) is 0 Å². The van der Waals surface area contributed by atoms with Crippen molar-refractivity contribution in [2.45, 2.75) is 26.1 Å². The number of anilines is 1. The molecular formula is C23H21F3N6O3. The Morgan fingerprint density at radius 3 is 2.63 bits per heavy atom. The summed E-state index contributed by atoms with van der Waals surface area (Å²) in [5.74, 6) is -0.228. The number of aromatic nitrogens is 5. The predicted molar refractivity (Wildman–Crippen MR) is 120 cm³/mol. The topological polar surface area (TPSA) is 104 Å². The van der Waals surface area contributed by atoms with E-state index < -0.39 is 23.8 Å². The largest absolute Gasteiger partial charge is 0.461 e. The number of nitrogens with one attached hydrogen (secondary N) is 1. The minimum absolute atomic E-state index is 0.0255. The average molecular weight is 486 g/mol. The maximum atomic E-state index is 13.5. The Kier molecular flexibility index (Phi) is 6.92. The number of carbonyl (C=O) groups is 1. The maximum Gasteiger partial charge on any atom is 0.418 e. The van der Waals surface area contributed by atoms with Crippen molar-refractivity contribution in [2.75, 3.05) is 18.5 Å². The Labute approximate surface area is 197 Å². The van der Waals surface area contributed by atoms with Gasteiger partial charge in [0.15, 0.2) is 5.65 Å². The van der Waals surface area contributed by atoms with E-state index in [0.717, 1.165) is 22.6 Å². The summed E-state index contributed by atoms with van der Waals surface area (Å²) in [4.78, 5) is 25.2. The molecule has 0 saturated heterocycles. The molecule has 0 aliphatic rings. The lowest BCUT2D eigenvalue weighted by Crippen LogP contribution is -2.37. The number of halogens is 3. The van der Waals surface area contributed by atoms with Gasteiger partial charge in [-0.25, -0.2) is 19.6 Å². The van der Waals surface area contributed by atoms with Crippen LogP contribution >= 0.6 is 0 Å². The number of nitrogens with zero attached hydrogens (tertiary/aromatic N) is 5. The fourth-order valence-electron chi connectivity index (χ4n) is 3.26. The van der Waals surface area contributed by atoms with Gasteiger partial charge in [-0.15, -0.1) is 0 Å². The zero-order chi connectivity index (χ0) is 25.0. The van der Waals surface area contributed by atoms with Crippen molar-refractivity contribution in [3.63, 3.8) is 0 Å². The zero-order valence-corrected chi connectivity index (χ0v) is 18.8. The SMILES string of the molecule is CCOC[C@H](Oc1ncnc2c1cnn2-c1ccccc1C(F)(F)F)C(=O)Nc1ccc(C)cn1. The van der Waals surface area contributed by atoms with Crippen LogP contribution in [0.15, 0.2) is 55.1 Å². The summed E-state index contributed by atoms with van der Waals surface area (Å²) < 4.78 is 52.9. The first-order valence-electron chi connectivity index (χ1n) is 10.6. The molecule has 0 fully saturated rings. The number of pyridine rings is 1. The number of fused-ring (bicyclic) bond motifs is 1. The Bertz CT molecular complexity index is 1320. The third kappa shape index (κ3) is 5.38. The number of rotatable bonds is 8. The summed E-state index contributed by atoms with van der Waals surface area (Å²) in [5, 5.41) is 6.97. The Morgan fingerprint density at radius 1 is 1.11 bits per heavy atom. The van der Waals surface area contributed by atoms with Crippen molar-refractivity contribution in [1.29, 1.82) is 0 Å². The molecule has 3 heterocycles. The maximum absolute atomic E-state index is 13.5. The molecule has 1 atom stereocenters. The van der Waals surface area contributed by atoms with Crippen molar-refractivity contribution >= 4 is 22.8 Å². The summed E-state index contributed by atoms with van der Waals surface area (Å²) in [7, 11) is 0. The number of aryl methyl sites for hydroxylation is 1. The molecule has 0 aliphatic heterocycles. The average Bonchev–Trinajstić information content (AvgIpc) is 3.27. The molecule has 0 saturated carbocycles. The van der Waals surface area contributed by atoms with E-state index in [4.69, 9.17) is 9.47 Å². The lowest BCUT2D eigenvalue weighted by Gasteiger charge is -2.18. The highest BCUT2D eigenvalue weighted by atomic mass is 19.4. The fraction of sp³-hybridized carbons (Fsp3) is 0.261. The molecule has 0 radical (unpaired) electrons. The van der Waals surface area contributed by atoms with Gasteiger partial charge in [0.2, 0.25) is 12.0 Å². The van der Waals surface area contributed by atoms with Crippen LogP contribution < -0.4 is 10.1 Å². The molecular weight excluding hydrogens is 465 g/mol. The monoisotopic (exact) mass is 486 g/mol. The quantitative estimate of drug-likeness (QED) is 0.402. The highest BCUT2D eigenvalue weighted by Crippen LogP contribution is 2.35. The van der Waals surface area contributed by atoms with Crippen molar-refractivity contribution in [3.8, 4) is 11.6 Å². The van der Waals surface area contributed by atoms with Gasteiger partial charge >= 0.3 is 6.18 Å². The molecule has 3 aromatic heterocycles. The van der Waals surface area contributed by atoms with Crippen LogP contribution in [0.25, 0.3) is 16.7 Å². The third-order valence-corrected chi connectivity index (χ3v) is 4.95. The summed E-state index contributed by atoms with van der Waals surface area (Å²) in [5.41, 5.74) is -0.0564. The van der Waals surface area contributed by atoms with Crippen molar-refractivity contribution in [3.05, 3.63) is 66.2 Å². The Morgan fingerprint density at radius 2 is 1.91 bits per heavy atom. The van der Waals surface area contributed by atoms with E-state index in [1.807, 2.05) is 6.92 Å². The molecule has 0 bridgehead atoms. The lowest BCUT2D eigenvalue weighted by molar-refractivity contribution is -0.137. The second-order valence-electron chi connectivity index (χ2n) is 7.46. The Balaban J connectivity index is 1.66. The molecule has 0 aliphatic carbocycles. The van der Waals surface area contributed by atoms with Crippen LogP contribution in [0.1, 0.15) is 18.1 Å². The lowest BCUT2D eigenvalue weighted by atomic mass is 10.1. The predicted octanol–water partition coefficient (Wildman–Crippen LogP) is 3.96. The van der Waals surface area contributed by atoms with E-state index in [9.17, 15) is 18.0 Å². The molecule has 0 unspecified atom stereocenters. The van der Waals surface area contributed by atoms with Crippen LogP contribution in [-0.2, 0) is 15.7 Å². The molecule has 0 spiro atoms. The van der Waals surface area contributed by atoms with Crippen molar-refractivity contribution in [1.82, 2.24) is 24.7 Å². The molecule has 12 heteroatoms. The summed E-state index contributed by atoms with van der Waals surface area (Å²) in [6.45, 7) is 3.88. The number of hydrogen-bond acceptors (Lipinski definition) is 7. The first-order valence-corrected chi connectivity index (χ1v) is 10.6. The number of hydrogen-bond donors (Lipinski definition) is 1. The summed E-state index contributed by atoms with van der Waals surface area (Å²) in [6, 6.07) is 8.46. The number of alkyl halides is 3. The van der Waals surface area contributed by atoms with Crippen LogP contribution in [0.3, 0.4) is 0 Å². The van der Waals surface area contributed by atoms with E-state index in [1.165, 1.54) is 24.4 Å². The van der Waals surface area contributed by atoms with Crippen LogP contribution in [0.4, 0.5) is 19.0 Å². The van der Waals surface area contributed by atoms with E-state index in [1.54, 1.807) is 25.3 Å². The third-order valence-electron chi connectivity index (χ3n) is 4.95. The molecule has 182 valence electrons. The van der Waals surface area contributed by atoms with Gasteiger partial charge in [-0.1, -0.05) is 18.2 Å². The van der Waals surface area contributed by atoms with E-state index in [0.29, 0.717) is 12.4 Å². The van der Waals surface area contributed by atoms with E-state index in [-0.39, 0.29) is 29.2 Å². The number of para-hydroxylation sites is 1. The standard InChI is InChI=1S/C23H21F3N6O3/c1-3-34-12-18(21(33)31-19-9-8-14(2)10-27-19)35-22-15-11-30-32(20(15)28-13-29-22)17-7-5-4-6-16(17)23(24,25)26/h4-11,13,18H,3,12H2,1-2H3,(H,27,31,33)/t18-/m0/s1. The van der Waals surface area contributed by atoms with E-state index >= 15 is 0 Å². The normalized spacial score (nSPS) is 12.5. The second-order valence-corrected chi connectivity index (χ2v) is 7.46. The van der Waals surface area contributed by atoms with Crippen LogP contribution in [-0.4, -0.2) is 50.0 Å². The number of ether oxygens (including phenoxy) is 2.